The first-order valence-electron chi connectivity index (χ1n) is 7.61. The fraction of sp³-hybridized carbons (Fsp3) is 0.100. The number of hydrogen-bond acceptors (Lipinski definition) is 3. The summed E-state index contributed by atoms with van der Waals surface area (Å²) >= 11 is 0. The molecular formula is C20H18N2O. The number of ether oxygens (including phenoxy) is 1. The lowest BCUT2D eigenvalue weighted by Crippen LogP contribution is -2.03. The standard InChI is InChI=1S/C20H18N2O/c1-3-17-19(23-4-2)18(15-11-7-5-8-12-15)22-20(21-17)16-13-9-6-10-14-16/h3,5-14H,1,4H2,2H3. The quantitative estimate of drug-likeness (QED) is 0.675. The highest BCUT2D eigenvalue weighted by atomic mass is 16.5. The van der Waals surface area contributed by atoms with Crippen LogP contribution in [0, 0.1) is 0 Å². The SMILES string of the molecule is C=Cc1nc(-c2ccccc2)nc(-c2ccccc2)c1OCC. The summed E-state index contributed by atoms with van der Waals surface area (Å²) in [5, 5.41) is 0. The van der Waals surface area contributed by atoms with Crippen molar-refractivity contribution in [1.82, 2.24) is 9.97 Å². The van der Waals surface area contributed by atoms with Gasteiger partial charge in [0.2, 0.25) is 0 Å². The minimum Gasteiger partial charge on any atom is -0.489 e. The maximum absolute atomic E-state index is 5.81. The third-order valence-corrected chi connectivity index (χ3v) is 3.45. The predicted molar refractivity (Wildman–Crippen MR) is 94.2 cm³/mol. The Morgan fingerprint density at radius 3 is 2.09 bits per heavy atom. The van der Waals surface area contributed by atoms with Gasteiger partial charge in [-0.2, -0.15) is 0 Å². The topological polar surface area (TPSA) is 35.0 Å². The average molecular weight is 302 g/mol. The molecule has 0 radical (unpaired) electrons. The molecule has 3 aromatic rings. The van der Waals surface area contributed by atoms with E-state index in [2.05, 4.69) is 11.6 Å². The largest absolute Gasteiger partial charge is 0.489 e. The van der Waals surface area contributed by atoms with Gasteiger partial charge in [-0.1, -0.05) is 67.2 Å². The molecule has 1 heterocycles. The summed E-state index contributed by atoms with van der Waals surface area (Å²) in [6, 6.07) is 19.9. The molecule has 0 aliphatic carbocycles. The van der Waals surface area contributed by atoms with E-state index < -0.39 is 0 Å². The number of hydrogen-bond donors (Lipinski definition) is 0. The van der Waals surface area contributed by atoms with Crippen molar-refractivity contribution >= 4 is 6.08 Å². The molecule has 0 atom stereocenters. The van der Waals surface area contributed by atoms with Gasteiger partial charge in [-0.3, -0.25) is 0 Å². The van der Waals surface area contributed by atoms with E-state index in [1.807, 2.05) is 67.6 Å². The van der Waals surface area contributed by atoms with Crippen molar-refractivity contribution in [1.29, 1.82) is 0 Å². The Bertz CT molecular complexity index is 799. The van der Waals surface area contributed by atoms with Gasteiger partial charge in [-0.15, -0.1) is 0 Å². The van der Waals surface area contributed by atoms with Crippen LogP contribution in [0.4, 0.5) is 0 Å². The highest BCUT2D eigenvalue weighted by Gasteiger charge is 2.16. The Balaban J connectivity index is 2.24. The summed E-state index contributed by atoms with van der Waals surface area (Å²) in [6.07, 6.45) is 1.71. The van der Waals surface area contributed by atoms with Gasteiger partial charge in [0.15, 0.2) is 11.6 Å². The van der Waals surface area contributed by atoms with Crippen LogP contribution < -0.4 is 4.74 Å². The van der Waals surface area contributed by atoms with Crippen molar-refractivity contribution < 1.29 is 4.74 Å². The first-order chi connectivity index (χ1) is 11.3. The zero-order valence-corrected chi connectivity index (χ0v) is 13.1. The molecule has 3 rings (SSSR count). The van der Waals surface area contributed by atoms with Crippen LogP contribution in [0.25, 0.3) is 28.7 Å². The molecule has 0 unspecified atom stereocenters. The fourth-order valence-electron chi connectivity index (χ4n) is 2.40. The molecule has 0 fully saturated rings. The highest BCUT2D eigenvalue weighted by molar-refractivity contribution is 5.74. The molecule has 3 heteroatoms. The summed E-state index contributed by atoms with van der Waals surface area (Å²) in [4.78, 5) is 9.37. The second-order valence-electron chi connectivity index (χ2n) is 4.98. The van der Waals surface area contributed by atoms with Gasteiger partial charge in [-0.05, 0) is 13.0 Å². The van der Waals surface area contributed by atoms with Crippen LogP contribution in [0.1, 0.15) is 12.6 Å². The molecule has 1 aromatic heterocycles. The maximum Gasteiger partial charge on any atom is 0.171 e. The van der Waals surface area contributed by atoms with Gasteiger partial charge in [0, 0.05) is 11.1 Å². The van der Waals surface area contributed by atoms with Crippen LogP contribution in [0.2, 0.25) is 0 Å². The van der Waals surface area contributed by atoms with Crippen molar-refractivity contribution in [3.05, 3.63) is 72.9 Å². The Labute approximate surface area is 136 Å². The lowest BCUT2D eigenvalue weighted by Gasteiger charge is -2.14. The van der Waals surface area contributed by atoms with Crippen LogP contribution in [-0.2, 0) is 0 Å². The molecule has 0 saturated heterocycles. The number of aromatic nitrogens is 2. The van der Waals surface area contributed by atoms with E-state index in [1.165, 1.54) is 0 Å². The predicted octanol–water partition coefficient (Wildman–Crippen LogP) is 4.85. The summed E-state index contributed by atoms with van der Waals surface area (Å²) in [5.74, 6) is 1.34. The molecule has 0 aliphatic heterocycles. The van der Waals surface area contributed by atoms with E-state index >= 15 is 0 Å². The maximum atomic E-state index is 5.81. The Hall–Kier alpha value is -2.94. The molecule has 0 N–H and O–H groups in total. The minimum absolute atomic E-state index is 0.550. The molecule has 3 nitrogen and oxygen atoms in total. The molecule has 2 aromatic carbocycles. The average Bonchev–Trinajstić information content (AvgIpc) is 2.63. The highest BCUT2D eigenvalue weighted by Crippen LogP contribution is 2.33. The normalized spacial score (nSPS) is 10.3. The minimum atomic E-state index is 0.550. The smallest absolute Gasteiger partial charge is 0.171 e. The Morgan fingerprint density at radius 2 is 1.52 bits per heavy atom. The van der Waals surface area contributed by atoms with Gasteiger partial charge >= 0.3 is 0 Å². The summed E-state index contributed by atoms with van der Waals surface area (Å²) in [5.41, 5.74) is 3.46. The van der Waals surface area contributed by atoms with Crippen LogP contribution in [0.15, 0.2) is 67.2 Å². The number of rotatable bonds is 5. The summed E-state index contributed by atoms with van der Waals surface area (Å²) < 4.78 is 5.81. The first-order valence-corrected chi connectivity index (χ1v) is 7.61. The van der Waals surface area contributed by atoms with E-state index in [4.69, 9.17) is 9.72 Å². The molecule has 0 aliphatic rings. The lowest BCUT2D eigenvalue weighted by molar-refractivity contribution is 0.338. The third-order valence-electron chi connectivity index (χ3n) is 3.45. The van der Waals surface area contributed by atoms with E-state index in [0.717, 1.165) is 16.8 Å². The molecule has 0 bridgehead atoms. The summed E-state index contributed by atoms with van der Waals surface area (Å²) in [7, 11) is 0. The van der Waals surface area contributed by atoms with E-state index in [0.29, 0.717) is 23.9 Å². The van der Waals surface area contributed by atoms with Crippen molar-refractivity contribution in [2.75, 3.05) is 6.61 Å². The number of nitrogens with zero attached hydrogens (tertiary/aromatic N) is 2. The third kappa shape index (κ3) is 3.14. The Kier molecular flexibility index (Phi) is 4.48. The fourth-order valence-corrected chi connectivity index (χ4v) is 2.40. The van der Waals surface area contributed by atoms with Gasteiger partial charge in [0.05, 0.1) is 6.61 Å². The molecule has 114 valence electrons. The van der Waals surface area contributed by atoms with E-state index in [9.17, 15) is 0 Å². The van der Waals surface area contributed by atoms with Crippen LogP contribution >= 0.6 is 0 Å². The molecule has 0 amide bonds. The van der Waals surface area contributed by atoms with E-state index in [-0.39, 0.29) is 0 Å². The zero-order chi connectivity index (χ0) is 16.1. The van der Waals surface area contributed by atoms with Crippen LogP contribution in [0.3, 0.4) is 0 Å². The molecular weight excluding hydrogens is 284 g/mol. The lowest BCUT2D eigenvalue weighted by atomic mass is 10.1. The molecule has 23 heavy (non-hydrogen) atoms. The van der Waals surface area contributed by atoms with Crippen molar-refractivity contribution in [3.63, 3.8) is 0 Å². The molecule has 0 saturated carbocycles. The van der Waals surface area contributed by atoms with Crippen LogP contribution in [-0.4, -0.2) is 16.6 Å². The summed E-state index contributed by atoms with van der Waals surface area (Å²) in [6.45, 7) is 6.37. The van der Waals surface area contributed by atoms with Gasteiger partial charge in [0.1, 0.15) is 11.4 Å². The van der Waals surface area contributed by atoms with Crippen molar-refractivity contribution in [3.8, 4) is 28.4 Å². The monoisotopic (exact) mass is 302 g/mol. The zero-order valence-electron chi connectivity index (χ0n) is 13.1. The second-order valence-corrected chi connectivity index (χ2v) is 4.98. The van der Waals surface area contributed by atoms with Gasteiger partial charge < -0.3 is 4.74 Å². The van der Waals surface area contributed by atoms with E-state index in [1.54, 1.807) is 6.08 Å². The van der Waals surface area contributed by atoms with Crippen molar-refractivity contribution in [2.24, 2.45) is 0 Å². The van der Waals surface area contributed by atoms with Gasteiger partial charge in [0.25, 0.3) is 0 Å². The Morgan fingerprint density at radius 1 is 0.913 bits per heavy atom. The first kappa shape index (κ1) is 15.0. The van der Waals surface area contributed by atoms with Crippen molar-refractivity contribution in [2.45, 2.75) is 6.92 Å². The number of benzene rings is 2. The van der Waals surface area contributed by atoms with Crippen LogP contribution in [0.5, 0.6) is 5.75 Å². The second kappa shape index (κ2) is 6.88. The van der Waals surface area contributed by atoms with Gasteiger partial charge in [-0.25, -0.2) is 9.97 Å². The molecule has 0 spiro atoms.